The summed E-state index contributed by atoms with van der Waals surface area (Å²) in [6, 6.07) is 15.5. The first-order valence-corrected chi connectivity index (χ1v) is 8.12. The minimum Gasteiger partial charge on any atom is -0.295 e. The lowest BCUT2D eigenvalue weighted by molar-refractivity contribution is -0.384. The Morgan fingerprint density at radius 1 is 1.15 bits per heavy atom. The first-order chi connectivity index (χ1) is 12.5. The van der Waals surface area contributed by atoms with Crippen LogP contribution in [0.25, 0.3) is 5.69 Å². The topological polar surface area (TPSA) is 93.3 Å². The Labute approximate surface area is 149 Å². The third-order valence-corrected chi connectivity index (χ3v) is 4.14. The van der Waals surface area contributed by atoms with Crippen molar-refractivity contribution in [1.82, 2.24) is 9.78 Å². The minimum absolute atomic E-state index is 0.0245. The van der Waals surface area contributed by atoms with Crippen LogP contribution in [0, 0.1) is 17.0 Å². The molecule has 0 saturated heterocycles. The van der Waals surface area contributed by atoms with E-state index in [0.717, 1.165) is 5.56 Å². The Balaban J connectivity index is 1.90. The fourth-order valence-electron chi connectivity index (χ4n) is 2.62. The Hall–Kier alpha value is -3.48. The third kappa shape index (κ3) is 3.46. The number of nitrogens with zero attached hydrogens (tertiary/aromatic N) is 3. The van der Waals surface area contributed by atoms with Crippen molar-refractivity contribution in [3.05, 3.63) is 91.9 Å². The zero-order chi connectivity index (χ0) is 18.7. The number of aryl methyl sites for hydroxylation is 1. The van der Waals surface area contributed by atoms with Crippen molar-refractivity contribution in [3.8, 4) is 5.69 Å². The van der Waals surface area contributed by atoms with E-state index in [9.17, 15) is 14.9 Å². The minimum atomic E-state index is -0.477. The number of nitrogens with one attached hydrogen (secondary N) is 1. The summed E-state index contributed by atoms with van der Waals surface area (Å²) in [5.41, 5.74) is 2.46. The fourth-order valence-corrected chi connectivity index (χ4v) is 2.62. The number of aromatic amines is 1. The van der Waals surface area contributed by atoms with Crippen molar-refractivity contribution in [2.75, 3.05) is 0 Å². The summed E-state index contributed by atoms with van der Waals surface area (Å²) in [5.74, 6) is 0. The molecule has 1 aromatic heterocycles. The Bertz CT molecular complexity index is 1000. The zero-order valence-corrected chi connectivity index (χ0v) is 14.4. The van der Waals surface area contributed by atoms with Crippen molar-refractivity contribution in [1.29, 1.82) is 0 Å². The fraction of sp³-hybridized carbons (Fsp3) is 0.158. The first kappa shape index (κ1) is 17.3. The lowest BCUT2D eigenvalue weighted by Crippen LogP contribution is -2.17. The number of nitro benzene ring substituents is 1. The Morgan fingerprint density at radius 2 is 1.81 bits per heavy atom. The molecule has 1 N–H and O–H groups in total. The molecular weight excluding hydrogens is 332 g/mol. The van der Waals surface area contributed by atoms with Crippen molar-refractivity contribution in [2.24, 2.45) is 4.99 Å². The lowest BCUT2D eigenvalue weighted by Gasteiger charge is -2.05. The molecule has 1 atom stereocenters. The number of rotatable bonds is 5. The molecule has 3 rings (SSSR count). The number of hydrogen-bond donors (Lipinski definition) is 1. The largest absolute Gasteiger partial charge is 0.295 e. The normalized spacial score (nSPS) is 12.4. The highest BCUT2D eigenvalue weighted by atomic mass is 16.6. The van der Waals surface area contributed by atoms with E-state index in [1.807, 2.05) is 37.3 Å². The molecule has 7 heteroatoms. The smallest absolute Gasteiger partial charge is 0.280 e. The van der Waals surface area contributed by atoms with Crippen molar-refractivity contribution in [2.45, 2.75) is 19.9 Å². The van der Waals surface area contributed by atoms with E-state index in [2.05, 4.69) is 10.1 Å². The lowest BCUT2D eigenvalue weighted by atomic mass is 10.1. The molecule has 0 saturated carbocycles. The van der Waals surface area contributed by atoms with Gasteiger partial charge in [-0.25, -0.2) is 4.68 Å². The Morgan fingerprint density at radius 3 is 2.42 bits per heavy atom. The number of H-pyrrole nitrogens is 1. The van der Waals surface area contributed by atoms with Crippen molar-refractivity contribution < 1.29 is 4.92 Å². The molecule has 7 nitrogen and oxygen atoms in total. The molecule has 0 amide bonds. The maximum absolute atomic E-state index is 12.7. The maximum Gasteiger partial charge on any atom is 0.280 e. The molecular formula is C19H18N4O3. The summed E-state index contributed by atoms with van der Waals surface area (Å²) in [7, 11) is 0. The molecule has 0 radical (unpaired) electrons. The molecule has 1 unspecified atom stereocenters. The van der Waals surface area contributed by atoms with E-state index in [-0.39, 0.29) is 17.3 Å². The van der Waals surface area contributed by atoms with Crippen LogP contribution in [0.15, 0.2) is 64.4 Å². The van der Waals surface area contributed by atoms with Gasteiger partial charge in [-0.05, 0) is 31.5 Å². The summed E-state index contributed by atoms with van der Waals surface area (Å²) < 4.78 is 1.35. The van der Waals surface area contributed by atoms with Gasteiger partial charge in [0.1, 0.15) is 0 Å². The summed E-state index contributed by atoms with van der Waals surface area (Å²) in [6.07, 6.45) is 1.58. The van der Waals surface area contributed by atoms with Gasteiger partial charge in [0, 0.05) is 24.0 Å². The second-order valence-corrected chi connectivity index (χ2v) is 5.93. The average Bonchev–Trinajstić information content (AvgIpc) is 2.94. The van der Waals surface area contributed by atoms with E-state index < -0.39 is 4.92 Å². The Kier molecular flexibility index (Phi) is 4.79. The van der Waals surface area contributed by atoms with Gasteiger partial charge >= 0.3 is 0 Å². The number of aromatic nitrogens is 2. The van der Waals surface area contributed by atoms with Gasteiger partial charge in [-0.1, -0.05) is 30.3 Å². The molecule has 26 heavy (non-hydrogen) atoms. The van der Waals surface area contributed by atoms with Crippen molar-refractivity contribution >= 4 is 11.9 Å². The van der Waals surface area contributed by atoms with Crippen LogP contribution < -0.4 is 5.56 Å². The number of nitro groups is 1. The van der Waals surface area contributed by atoms with Crippen LogP contribution >= 0.6 is 0 Å². The van der Waals surface area contributed by atoms with Gasteiger partial charge in [-0.2, -0.15) is 0 Å². The van der Waals surface area contributed by atoms with Crippen LogP contribution in [-0.2, 0) is 0 Å². The third-order valence-electron chi connectivity index (χ3n) is 4.14. The molecule has 1 heterocycles. The van der Waals surface area contributed by atoms with Gasteiger partial charge in [0.15, 0.2) is 0 Å². The number of benzene rings is 2. The summed E-state index contributed by atoms with van der Waals surface area (Å²) in [5, 5.41) is 13.7. The van der Waals surface area contributed by atoms with E-state index in [1.165, 1.54) is 28.9 Å². The predicted molar refractivity (Wildman–Crippen MR) is 100 cm³/mol. The highest BCUT2D eigenvalue weighted by Gasteiger charge is 2.12. The van der Waals surface area contributed by atoms with Gasteiger partial charge in [-0.15, -0.1) is 0 Å². The van der Waals surface area contributed by atoms with Crippen LogP contribution in [-0.4, -0.2) is 20.9 Å². The van der Waals surface area contributed by atoms with Crippen LogP contribution in [0.5, 0.6) is 0 Å². The first-order valence-electron chi connectivity index (χ1n) is 8.12. The van der Waals surface area contributed by atoms with Crippen LogP contribution in [0.4, 0.5) is 5.69 Å². The van der Waals surface area contributed by atoms with Crippen molar-refractivity contribution in [3.63, 3.8) is 0 Å². The number of aliphatic imine (C=N–C) groups is 1. The van der Waals surface area contributed by atoms with Gasteiger partial charge in [0.2, 0.25) is 0 Å². The molecule has 0 bridgehead atoms. The van der Waals surface area contributed by atoms with E-state index >= 15 is 0 Å². The summed E-state index contributed by atoms with van der Waals surface area (Å²) in [4.78, 5) is 27.4. The highest BCUT2D eigenvalue weighted by Crippen LogP contribution is 2.16. The van der Waals surface area contributed by atoms with Gasteiger partial charge in [-0.3, -0.25) is 25.0 Å². The molecule has 0 aliphatic rings. The van der Waals surface area contributed by atoms with E-state index in [1.54, 1.807) is 13.1 Å². The molecule has 2 aromatic carbocycles. The second kappa shape index (κ2) is 7.18. The monoisotopic (exact) mass is 350 g/mol. The van der Waals surface area contributed by atoms with E-state index in [0.29, 0.717) is 16.9 Å². The van der Waals surface area contributed by atoms with Gasteiger partial charge in [0.25, 0.3) is 11.2 Å². The molecule has 132 valence electrons. The van der Waals surface area contributed by atoms with Crippen LogP contribution in [0.3, 0.4) is 0 Å². The standard InChI is InChI=1S/C19H18N4O3/c1-13(15-6-4-3-5-7-15)20-12-18-14(2)21-22(19(18)24)16-8-10-17(11-9-16)23(25)26/h3-13,21H,1-2H3. The van der Waals surface area contributed by atoms with Gasteiger partial charge in [0.05, 0.1) is 22.2 Å². The summed E-state index contributed by atoms with van der Waals surface area (Å²) in [6.45, 7) is 3.75. The van der Waals surface area contributed by atoms with E-state index in [4.69, 9.17) is 0 Å². The molecule has 0 aliphatic carbocycles. The SMILES string of the molecule is Cc1[nH]n(-c2ccc([N+](=O)[O-])cc2)c(=O)c1C=NC(C)c1ccccc1. The average molecular weight is 350 g/mol. The second-order valence-electron chi connectivity index (χ2n) is 5.93. The van der Waals surface area contributed by atoms with Crippen LogP contribution in [0.1, 0.15) is 29.8 Å². The predicted octanol–water partition coefficient (Wildman–Crippen LogP) is 3.56. The maximum atomic E-state index is 12.7. The quantitative estimate of drug-likeness (QED) is 0.433. The molecule has 0 fully saturated rings. The zero-order valence-electron chi connectivity index (χ0n) is 14.4. The molecule has 0 spiro atoms. The van der Waals surface area contributed by atoms with Gasteiger partial charge < -0.3 is 0 Å². The number of non-ortho nitro benzene ring substituents is 1. The van der Waals surface area contributed by atoms with Crippen LogP contribution in [0.2, 0.25) is 0 Å². The highest BCUT2D eigenvalue weighted by molar-refractivity contribution is 5.81. The number of hydrogen-bond acceptors (Lipinski definition) is 4. The molecule has 3 aromatic rings. The molecule has 0 aliphatic heterocycles. The summed E-state index contributed by atoms with van der Waals surface area (Å²) >= 11 is 0.